The SMILES string of the molecule is CONc1ccc(-c2ccc(/C=N/N3CC(=O)N(N)C3=O)o2)cc1. The summed E-state index contributed by atoms with van der Waals surface area (Å²) in [6, 6.07) is 10.3. The zero-order valence-electron chi connectivity index (χ0n) is 12.8. The predicted octanol–water partition coefficient (Wildman–Crippen LogP) is 1.39. The molecule has 3 amide bonds. The van der Waals surface area contributed by atoms with Gasteiger partial charge >= 0.3 is 6.03 Å². The summed E-state index contributed by atoms with van der Waals surface area (Å²) in [6.45, 7) is -0.187. The summed E-state index contributed by atoms with van der Waals surface area (Å²) in [5.41, 5.74) is 4.41. The van der Waals surface area contributed by atoms with Crippen LogP contribution in [0.4, 0.5) is 10.5 Å². The lowest BCUT2D eigenvalue weighted by molar-refractivity contribution is -0.125. The zero-order valence-corrected chi connectivity index (χ0v) is 12.8. The molecule has 3 rings (SSSR count). The molecule has 9 nitrogen and oxygen atoms in total. The fraction of sp³-hybridized carbons (Fsp3) is 0.133. The summed E-state index contributed by atoms with van der Waals surface area (Å²) in [5, 5.41) is 5.41. The van der Waals surface area contributed by atoms with Crippen molar-refractivity contribution in [2.24, 2.45) is 10.9 Å². The van der Waals surface area contributed by atoms with Gasteiger partial charge in [0.1, 0.15) is 18.1 Å². The van der Waals surface area contributed by atoms with Crippen molar-refractivity contribution in [3.63, 3.8) is 0 Å². The summed E-state index contributed by atoms with van der Waals surface area (Å²) >= 11 is 0. The van der Waals surface area contributed by atoms with E-state index in [2.05, 4.69) is 10.6 Å². The monoisotopic (exact) mass is 329 g/mol. The quantitative estimate of drug-likeness (QED) is 0.282. The van der Waals surface area contributed by atoms with Gasteiger partial charge in [0.25, 0.3) is 5.91 Å². The Labute approximate surface area is 137 Å². The van der Waals surface area contributed by atoms with Crippen molar-refractivity contribution in [2.45, 2.75) is 0 Å². The second kappa shape index (κ2) is 6.52. The van der Waals surface area contributed by atoms with Crippen LogP contribution >= 0.6 is 0 Å². The van der Waals surface area contributed by atoms with Crippen molar-refractivity contribution >= 4 is 23.8 Å². The highest BCUT2D eigenvalue weighted by molar-refractivity contribution is 6.01. The van der Waals surface area contributed by atoms with Gasteiger partial charge in [0, 0.05) is 5.56 Å². The number of hydrogen-bond acceptors (Lipinski definition) is 7. The van der Waals surface area contributed by atoms with Gasteiger partial charge in [0.15, 0.2) is 0 Å². The van der Waals surface area contributed by atoms with Gasteiger partial charge in [0.05, 0.1) is 19.0 Å². The van der Waals surface area contributed by atoms with E-state index in [-0.39, 0.29) is 6.54 Å². The van der Waals surface area contributed by atoms with E-state index < -0.39 is 11.9 Å². The van der Waals surface area contributed by atoms with Crippen molar-refractivity contribution < 1.29 is 18.8 Å². The van der Waals surface area contributed by atoms with E-state index in [1.165, 1.54) is 13.3 Å². The number of hydrazine groups is 1. The van der Waals surface area contributed by atoms with E-state index in [0.29, 0.717) is 16.5 Å². The number of hydrazone groups is 1. The average molecular weight is 329 g/mol. The molecule has 3 N–H and O–H groups in total. The molecule has 2 aromatic rings. The van der Waals surface area contributed by atoms with Crippen LogP contribution in [0.25, 0.3) is 11.3 Å². The first-order valence-corrected chi connectivity index (χ1v) is 7.01. The van der Waals surface area contributed by atoms with E-state index in [0.717, 1.165) is 16.3 Å². The van der Waals surface area contributed by atoms with E-state index in [1.807, 2.05) is 24.3 Å². The van der Waals surface area contributed by atoms with Crippen LogP contribution in [0.5, 0.6) is 0 Å². The summed E-state index contributed by atoms with van der Waals surface area (Å²) in [6.07, 6.45) is 1.36. The Morgan fingerprint density at radius 1 is 1.25 bits per heavy atom. The molecule has 2 heterocycles. The number of furan rings is 1. The smallest absolute Gasteiger partial charge is 0.362 e. The molecule has 9 heteroatoms. The fourth-order valence-corrected chi connectivity index (χ4v) is 2.12. The third-order valence-corrected chi connectivity index (χ3v) is 3.32. The molecular formula is C15H15N5O4. The van der Waals surface area contributed by atoms with Gasteiger partial charge in [-0.05, 0) is 36.4 Å². The van der Waals surface area contributed by atoms with Gasteiger partial charge in [-0.1, -0.05) is 0 Å². The van der Waals surface area contributed by atoms with Crippen LogP contribution in [-0.4, -0.2) is 41.8 Å². The number of nitrogens with two attached hydrogens (primary N) is 1. The van der Waals surface area contributed by atoms with Crippen LogP contribution in [0.15, 0.2) is 45.9 Å². The first kappa shape index (κ1) is 15.7. The van der Waals surface area contributed by atoms with Crippen LogP contribution in [-0.2, 0) is 9.63 Å². The number of anilines is 1. The molecule has 124 valence electrons. The second-order valence-electron chi connectivity index (χ2n) is 4.93. The molecule has 1 aromatic carbocycles. The number of hydrogen-bond donors (Lipinski definition) is 2. The first-order chi connectivity index (χ1) is 11.6. The van der Waals surface area contributed by atoms with Crippen LogP contribution < -0.4 is 11.3 Å². The lowest BCUT2D eigenvalue weighted by Crippen LogP contribution is -2.37. The summed E-state index contributed by atoms with van der Waals surface area (Å²) in [4.78, 5) is 27.7. The molecule has 0 saturated carbocycles. The Kier molecular flexibility index (Phi) is 4.27. The molecule has 1 fully saturated rings. The fourth-order valence-electron chi connectivity index (χ4n) is 2.12. The van der Waals surface area contributed by atoms with Crippen LogP contribution in [0, 0.1) is 0 Å². The minimum atomic E-state index is -0.677. The normalized spacial score (nSPS) is 14.9. The Morgan fingerprint density at radius 2 is 2.00 bits per heavy atom. The van der Waals surface area contributed by atoms with Crippen molar-refractivity contribution in [1.29, 1.82) is 0 Å². The number of imide groups is 1. The van der Waals surface area contributed by atoms with Crippen molar-refractivity contribution in [1.82, 2.24) is 10.0 Å². The van der Waals surface area contributed by atoms with Crippen LogP contribution in [0.1, 0.15) is 5.76 Å². The number of rotatable bonds is 5. The van der Waals surface area contributed by atoms with Gasteiger partial charge < -0.3 is 4.42 Å². The number of benzene rings is 1. The molecular weight excluding hydrogens is 314 g/mol. The minimum Gasteiger partial charge on any atom is -0.455 e. The maximum atomic E-state index is 11.6. The molecule has 0 atom stereocenters. The Bertz CT molecular complexity index is 783. The number of nitrogens with one attached hydrogen (secondary N) is 1. The standard InChI is InChI=1S/C15H15N5O4/c1-23-18-11-4-2-10(3-5-11)13-7-6-12(24-13)8-17-19-9-14(21)20(16)15(19)22/h2-8,18H,9,16H2,1H3/b17-8+. The highest BCUT2D eigenvalue weighted by Gasteiger charge is 2.33. The van der Waals surface area contributed by atoms with Gasteiger partial charge in [-0.25, -0.2) is 15.6 Å². The molecule has 0 aliphatic carbocycles. The van der Waals surface area contributed by atoms with Gasteiger partial charge in [-0.2, -0.15) is 10.1 Å². The summed E-state index contributed by atoms with van der Waals surface area (Å²) < 4.78 is 5.65. The predicted molar refractivity (Wildman–Crippen MR) is 85.5 cm³/mol. The molecule has 24 heavy (non-hydrogen) atoms. The van der Waals surface area contributed by atoms with Gasteiger partial charge in [-0.15, -0.1) is 0 Å². The van der Waals surface area contributed by atoms with Crippen molar-refractivity contribution in [3.8, 4) is 11.3 Å². The maximum absolute atomic E-state index is 11.6. The molecule has 1 aliphatic rings. The number of urea groups is 1. The van der Waals surface area contributed by atoms with E-state index in [1.54, 1.807) is 12.1 Å². The third kappa shape index (κ3) is 3.12. The maximum Gasteiger partial charge on any atom is 0.362 e. The first-order valence-electron chi connectivity index (χ1n) is 7.01. The van der Waals surface area contributed by atoms with Crippen LogP contribution in [0.3, 0.4) is 0 Å². The van der Waals surface area contributed by atoms with Gasteiger partial charge in [0.2, 0.25) is 0 Å². The van der Waals surface area contributed by atoms with E-state index in [9.17, 15) is 9.59 Å². The number of amides is 3. The Morgan fingerprint density at radius 3 is 2.62 bits per heavy atom. The third-order valence-electron chi connectivity index (χ3n) is 3.32. The molecule has 0 unspecified atom stereocenters. The average Bonchev–Trinajstić information content (AvgIpc) is 3.15. The van der Waals surface area contributed by atoms with E-state index >= 15 is 0 Å². The van der Waals surface area contributed by atoms with E-state index in [4.69, 9.17) is 15.1 Å². The highest BCUT2D eigenvalue weighted by atomic mass is 16.6. The number of carbonyl (C=O) groups is 2. The summed E-state index contributed by atoms with van der Waals surface area (Å²) in [7, 11) is 1.54. The topological polar surface area (TPSA) is 113 Å². The van der Waals surface area contributed by atoms with Crippen LogP contribution in [0.2, 0.25) is 0 Å². The molecule has 0 radical (unpaired) electrons. The molecule has 1 aromatic heterocycles. The lowest BCUT2D eigenvalue weighted by atomic mass is 10.1. The largest absolute Gasteiger partial charge is 0.455 e. The molecule has 1 saturated heterocycles. The molecule has 0 bridgehead atoms. The highest BCUT2D eigenvalue weighted by Crippen LogP contribution is 2.23. The molecule has 1 aliphatic heterocycles. The Hall–Kier alpha value is -3.17. The van der Waals surface area contributed by atoms with Crippen molar-refractivity contribution in [2.75, 3.05) is 19.1 Å². The van der Waals surface area contributed by atoms with Crippen molar-refractivity contribution in [3.05, 3.63) is 42.2 Å². The second-order valence-corrected chi connectivity index (χ2v) is 4.93. The van der Waals surface area contributed by atoms with Gasteiger partial charge in [-0.3, -0.25) is 15.1 Å². The lowest BCUT2D eigenvalue weighted by Gasteiger charge is -2.06. The Balaban J connectivity index is 1.70. The number of nitrogens with zero attached hydrogens (tertiary/aromatic N) is 3. The molecule has 0 spiro atoms. The number of carbonyl (C=O) groups excluding carboxylic acids is 2. The zero-order chi connectivity index (χ0) is 17.1. The minimum absolute atomic E-state index is 0.187. The summed E-state index contributed by atoms with van der Waals surface area (Å²) in [5.74, 6) is 5.85.